The van der Waals surface area contributed by atoms with Crippen molar-refractivity contribution in [3.8, 4) is 21.7 Å². The summed E-state index contributed by atoms with van der Waals surface area (Å²) < 4.78 is 41.8. The van der Waals surface area contributed by atoms with E-state index >= 15 is 0 Å². The Hall–Kier alpha value is -2.96. The number of hydrogen-bond acceptors (Lipinski definition) is 2. The van der Waals surface area contributed by atoms with E-state index in [-0.39, 0.29) is 5.56 Å². The summed E-state index contributed by atoms with van der Waals surface area (Å²) in [6, 6.07) is 22.2. The molecule has 0 bridgehead atoms. The SMILES string of the molecule is C[Si](C)(C)c1cc(-c2nccc3cc(-c4ccccc4C(F)(F)F)sc23)cc2ccccc12. The van der Waals surface area contributed by atoms with Crippen LogP contribution in [0, 0.1) is 0 Å². The molecule has 0 radical (unpaired) electrons. The van der Waals surface area contributed by atoms with Crippen molar-refractivity contribution in [1.82, 2.24) is 4.98 Å². The fraction of sp³-hybridized carbons (Fsp3) is 0.148. The summed E-state index contributed by atoms with van der Waals surface area (Å²) >= 11 is 1.37. The maximum Gasteiger partial charge on any atom is 0.417 e. The molecule has 0 aliphatic heterocycles. The molecule has 0 aliphatic rings. The zero-order valence-corrected chi connectivity index (χ0v) is 20.3. The number of thiophene rings is 1. The van der Waals surface area contributed by atoms with Gasteiger partial charge in [0.1, 0.15) is 0 Å². The van der Waals surface area contributed by atoms with Crippen LogP contribution in [-0.4, -0.2) is 13.1 Å². The van der Waals surface area contributed by atoms with Gasteiger partial charge < -0.3 is 0 Å². The zero-order chi connectivity index (χ0) is 23.4. The molecule has 0 atom stereocenters. The van der Waals surface area contributed by atoms with Crippen molar-refractivity contribution < 1.29 is 13.2 Å². The number of alkyl halides is 3. The lowest BCUT2D eigenvalue weighted by molar-refractivity contribution is -0.137. The fourth-order valence-corrected chi connectivity index (χ4v) is 7.15. The van der Waals surface area contributed by atoms with Gasteiger partial charge in [-0.15, -0.1) is 11.3 Å². The molecule has 3 aromatic carbocycles. The third-order valence-corrected chi connectivity index (χ3v) is 9.10. The molecular formula is C27H22F3NSSi. The first-order chi connectivity index (χ1) is 15.6. The molecule has 0 amide bonds. The Morgan fingerprint density at radius 1 is 0.818 bits per heavy atom. The first-order valence-corrected chi connectivity index (χ1v) is 15.0. The second-order valence-corrected chi connectivity index (χ2v) is 15.3. The van der Waals surface area contributed by atoms with Crippen LogP contribution in [0.5, 0.6) is 0 Å². The van der Waals surface area contributed by atoms with Gasteiger partial charge in [0.25, 0.3) is 0 Å². The van der Waals surface area contributed by atoms with Crippen molar-refractivity contribution in [3.05, 3.63) is 84.6 Å². The zero-order valence-electron chi connectivity index (χ0n) is 18.5. The van der Waals surface area contributed by atoms with Crippen LogP contribution in [0.15, 0.2) is 79.0 Å². The predicted octanol–water partition coefficient (Wildman–Crippen LogP) is 8.35. The first-order valence-electron chi connectivity index (χ1n) is 10.7. The van der Waals surface area contributed by atoms with Gasteiger partial charge in [0.05, 0.1) is 24.0 Å². The summed E-state index contributed by atoms with van der Waals surface area (Å²) in [4.78, 5) is 5.28. The molecule has 0 saturated heterocycles. The van der Waals surface area contributed by atoms with Crippen LogP contribution in [0.2, 0.25) is 19.6 Å². The molecule has 0 unspecified atom stereocenters. The van der Waals surface area contributed by atoms with Crippen molar-refractivity contribution >= 4 is 45.5 Å². The van der Waals surface area contributed by atoms with E-state index in [2.05, 4.69) is 55.0 Å². The Labute approximate surface area is 195 Å². The molecule has 0 N–H and O–H groups in total. The van der Waals surface area contributed by atoms with Crippen LogP contribution in [0.4, 0.5) is 13.2 Å². The van der Waals surface area contributed by atoms with E-state index in [1.807, 2.05) is 18.2 Å². The van der Waals surface area contributed by atoms with Crippen LogP contribution in [0.25, 0.3) is 42.6 Å². The highest BCUT2D eigenvalue weighted by Crippen LogP contribution is 2.43. The van der Waals surface area contributed by atoms with Crippen LogP contribution >= 0.6 is 11.3 Å². The van der Waals surface area contributed by atoms with Gasteiger partial charge in [-0.05, 0) is 40.4 Å². The maximum atomic E-state index is 13.6. The van der Waals surface area contributed by atoms with E-state index in [4.69, 9.17) is 0 Å². The van der Waals surface area contributed by atoms with E-state index in [0.29, 0.717) is 4.88 Å². The van der Waals surface area contributed by atoms with Crippen molar-refractivity contribution in [3.63, 3.8) is 0 Å². The number of hydrogen-bond donors (Lipinski definition) is 0. The molecule has 166 valence electrons. The quantitative estimate of drug-likeness (QED) is 0.238. The van der Waals surface area contributed by atoms with Crippen LogP contribution in [0.3, 0.4) is 0 Å². The molecular weight excluding hydrogens is 455 g/mol. The average molecular weight is 478 g/mol. The van der Waals surface area contributed by atoms with E-state index in [0.717, 1.165) is 32.8 Å². The van der Waals surface area contributed by atoms with Crippen LogP contribution < -0.4 is 5.19 Å². The van der Waals surface area contributed by atoms with Crippen LogP contribution in [0.1, 0.15) is 5.56 Å². The number of halogens is 3. The fourth-order valence-electron chi connectivity index (χ4n) is 4.32. The normalized spacial score (nSPS) is 12.5. The van der Waals surface area contributed by atoms with Crippen molar-refractivity contribution in [2.45, 2.75) is 25.8 Å². The van der Waals surface area contributed by atoms with Crippen LogP contribution in [-0.2, 0) is 6.18 Å². The number of nitrogens with zero attached hydrogens (tertiary/aromatic N) is 1. The second-order valence-electron chi connectivity index (χ2n) is 9.23. The van der Waals surface area contributed by atoms with Gasteiger partial charge >= 0.3 is 6.18 Å². The molecule has 33 heavy (non-hydrogen) atoms. The molecule has 2 heterocycles. The summed E-state index contributed by atoms with van der Waals surface area (Å²) in [7, 11) is -1.65. The minimum atomic E-state index is -4.40. The summed E-state index contributed by atoms with van der Waals surface area (Å²) in [6.07, 6.45) is -2.66. The van der Waals surface area contributed by atoms with Gasteiger partial charge in [0.2, 0.25) is 0 Å². The Morgan fingerprint density at radius 3 is 2.30 bits per heavy atom. The van der Waals surface area contributed by atoms with E-state index < -0.39 is 19.8 Å². The number of benzene rings is 3. The minimum Gasteiger partial charge on any atom is -0.255 e. The highest BCUT2D eigenvalue weighted by atomic mass is 32.1. The van der Waals surface area contributed by atoms with Gasteiger partial charge in [-0.25, -0.2) is 0 Å². The molecule has 0 spiro atoms. The Kier molecular flexibility index (Phi) is 5.18. The Bertz CT molecular complexity index is 1500. The number of fused-ring (bicyclic) bond motifs is 2. The van der Waals surface area contributed by atoms with Crippen molar-refractivity contribution in [2.24, 2.45) is 0 Å². The van der Waals surface area contributed by atoms with Crippen molar-refractivity contribution in [1.29, 1.82) is 0 Å². The minimum absolute atomic E-state index is 0.207. The lowest BCUT2D eigenvalue weighted by Gasteiger charge is -2.21. The van der Waals surface area contributed by atoms with Gasteiger partial charge in [-0.3, -0.25) is 4.98 Å². The summed E-state index contributed by atoms with van der Waals surface area (Å²) in [6.45, 7) is 6.97. The molecule has 1 nitrogen and oxygen atoms in total. The van der Waals surface area contributed by atoms with Gasteiger partial charge in [-0.1, -0.05) is 73.4 Å². The van der Waals surface area contributed by atoms with E-state index in [1.165, 1.54) is 28.0 Å². The number of aromatic nitrogens is 1. The summed E-state index contributed by atoms with van der Waals surface area (Å²) in [5, 5.41) is 4.68. The second kappa shape index (κ2) is 7.82. The van der Waals surface area contributed by atoms with Crippen molar-refractivity contribution in [2.75, 3.05) is 0 Å². The standard InChI is InChI=1S/C27H22F3NSSi/c1-33(2,3)24-16-19(14-17-8-4-5-9-20(17)24)25-26-18(12-13-31-25)15-23(32-26)21-10-6-7-11-22(21)27(28,29)30/h4-16H,1-3H3. The third kappa shape index (κ3) is 3.98. The first kappa shape index (κ1) is 21.9. The monoisotopic (exact) mass is 477 g/mol. The predicted molar refractivity (Wildman–Crippen MR) is 136 cm³/mol. The van der Waals surface area contributed by atoms with E-state index in [1.54, 1.807) is 18.3 Å². The number of pyridine rings is 1. The molecule has 0 aliphatic carbocycles. The maximum absolute atomic E-state index is 13.6. The number of rotatable bonds is 3. The average Bonchev–Trinajstić information content (AvgIpc) is 3.21. The Morgan fingerprint density at radius 2 is 1.55 bits per heavy atom. The molecule has 5 rings (SSSR count). The lowest BCUT2D eigenvalue weighted by Crippen LogP contribution is -2.38. The topological polar surface area (TPSA) is 12.9 Å². The lowest BCUT2D eigenvalue weighted by atomic mass is 10.0. The van der Waals surface area contributed by atoms with E-state index in [9.17, 15) is 13.2 Å². The molecule has 0 fully saturated rings. The summed E-state index contributed by atoms with van der Waals surface area (Å²) in [5.41, 5.74) is 1.42. The largest absolute Gasteiger partial charge is 0.417 e. The highest BCUT2D eigenvalue weighted by Gasteiger charge is 2.33. The highest BCUT2D eigenvalue weighted by molar-refractivity contribution is 7.22. The smallest absolute Gasteiger partial charge is 0.255 e. The van der Waals surface area contributed by atoms with Gasteiger partial charge in [-0.2, -0.15) is 13.2 Å². The molecule has 0 saturated carbocycles. The third-order valence-electron chi connectivity index (χ3n) is 5.87. The van der Waals surface area contributed by atoms with Gasteiger partial charge in [0.15, 0.2) is 0 Å². The Balaban J connectivity index is 1.74. The molecule has 2 aromatic heterocycles. The van der Waals surface area contributed by atoms with Gasteiger partial charge in [0, 0.05) is 22.2 Å². The summed E-state index contributed by atoms with van der Waals surface area (Å²) in [5.74, 6) is 0. The molecule has 6 heteroatoms. The molecule has 5 aromatic rings.